The van der Waals surface area contributed by atoms with Gasteiger partial charge in [0.2, 0.25) is 11.8 Å². The Morgan fingerprint density at radius 3 is 2.75 bits per heavy atom. The molecule has 1 unspecified atom stereocenters. The Bertz CT molecular complexity index is 490. The van der Waals surface area contributed by atoms with Crippen molar-refractivity contribution in [3.05, 3.63) is 29.8 Å². The normalized spacial score (nSPS) is 18.4. The van der Waals surface area contributed by atoms with Gasteiger partial charge < -0.3 is 10.2 Å². The molecule has 0 bridgehead atoms. The fourth-order valence-corrected chi connectivity index (χ4v) is 3.72. The highest BCUT2D eigenvalue weighted by Crippen LogP contribution is 2.38. The summed E-state index contributed by atoms with van der Waals surface area (Å²) in [5, 5.41) is 2.80. The van der Waals surface area contributed by atoms with Crippen molar-refractivity contribution in [3.8, 4) is 0 Å². The van der Waals surface area contributed by atoms with E-state index in [-0.39, 0.29) is 17.2 Å². The van der Waals surface area contributed by atoms with Crippen LogP contribution in [0.1, 0.15) is 17.9 Å². The van der Waals surface area contributed by atoms with Gasteiger partial charge in [-0.15, -0.1) is 23.5 Å². The summed E-state index contributed by atoms with van der Waals surface area (Å²) in [7, 11) is 0. The lowest BCUT2D eigenvalue weighted by molar-refractivity contribution is -0.128. The lowest BCUT2D eigenvalue weighted by Crippen LogP contribution is -2.36. The molecule has 0 aliphatic carbocycles. The lowest BCUT2D eigenvalue weighted by atomic mass is 10.2. The fourth-order valence-electron chi connectivity index (χ4n) is 2.09. The van der Waals surface area contributed by atoms with Crippen LogP contribution in [0.2, 0.25) is 0 Å². The van der Waals surface area contributed by atoms with E-state index in [1.807, 2.05) is 11.2 Å². The molecule has 1 fully saturated rings. The summed E-state index contributed by atoms with van der Waals surface area (Å²) in [5.41, 5.74) is 1.14. The fraction of sp³-hybridized carbons (Fsp3) is 0.429. The molecule has 0 saturated carbocycles. The Labute approximate surface area is 127 Å². The molecule has 1 aliphatic rings. The number of benzene rings is 1. The van der Waals surface area contributed by atoms with Gasteiger partial charge in [-0.2, -0.15) is 0 Å². The van der Waals surface area contributed by atoms with Crippen molar-refractivity contribution >= 4 is 35.3 Å². The van der Waals surface area contributed by atoms with E-state index in [2.05, 4.69) is 29.6 Å². The van der Waals surface area contributed by atoms with E-state index in [0.29, 0.717) is 18.8 Å². The van der Waals surface area contributed by atoms with Crippen LogP contribution in [0.3, 0.4) is 0 Å². The number of hydrogen-bond donors (Lipinski definition) is 1. The van der Waals surface area contributed by atoms with Crippen LogP contribution in [0.15, 0.2) is 29.2 Å². The number of nitrogens with zero attached hydrogens (tertiary/aromatic N) is 1. The maximum absolute atomic E-state index is 11.9. The average molecular weight is 310 g/mol. The van der Waals surface area contributed by atoms with E-state index in [4.69, 9.17) is 0 Å². The molecule has 1 heterocycles. The third-order valence-electron chi connectivity index (χ3n) is 3.10. The first-order valence-corrected chi connectivity index (χ1v) is 8.68. The highest BCUT2D eigenvalue weighted by molar-refractivity contribution is 8.00. The molecule has 2 rings (SSSR count). The molecule has 2 amide bonds. The first-order valence-electron chi connectivity index (χ1n) is 6.41. The van der Waals surface area contributed by atoms with Gasteiger partial charge >= 0.3 is 0 Å². The van der Waals surface area contributed by atoms with Crippen molar-refractivity contribution in [2.75, 3.05) is 25.1 Å². The van der Waals surface area contributed by atoms with Crippen LogP contribution in [0.4, 0.5) is 0 Å². The van der Waals surface area contributed by atoms with Crippen LogP contribution in [0.5, 0.6) is 0 Å². The summed E-state index contributed by atoms with van der Waals surface area (Å²) in [5.74, 6) is 0.583. The number of carbonyl (C=O) groups is 2. The van der Waals surface area contributed by atoms with Crippen molar-refractivity contribution in [2.45, 2.75) is 17.2 Å². The Hall–Kier alpha value is -1.14. The second kappa shape index (κ2) is 7.04. The molecule has 0 radical (unpaired) electrons. The quantitative estimate of drug-likeness (QED) is 0.846. The highest BCUT2D eigenvalue weighted by Gasteiger charge is 2.32. The molecule has 108 valence electrons. The molecule has 20 heavy (non-hydrogen) atoms. The zero-order valence-corrected chi connectivity index (χ0v) is 13.2. The number of rotatable bonds is 5. The summed E-state index contributed by atoms with van der Waals surface area (Å²) in [6.45, 7) is 2.54. The number of amides is 2. The Balaban J connectivity index is 2.04. The Kier molecular flexibility index (Phi) is 5.37. The molecule has 0 aromatic heterocycles. The van der Waals surface area contributed by atoms with Crippen LogP contribution in [-0.4, -0.2) is 41.8 Å². The standard InChI is InChI=1S/C14H18N2O2S2/c1-10(17)15-7-8-16-13(18)9-20-14(16)11-3-5-12(19-2)6-4-11/h3-6,14H,7-9H2,1-2H3,(H,15,17). The maximum atomic E-state index is 11.9. The number of carbonyl (C=O) groups excluding carboxylic acids is 2. The van der Waals surface area contributed by atoms with E-state index >= 15 is 0 Å². The van der Waals surface area contributed by atoms with E-state index in [0.717, 1.165) is 5.56 Å². The molecule has 1 aliphatic heterocycles. The molecular weight excluding hydrogens is 292 g/mol. The van der Waals surface area contributed by atoms with E-state index in [9.17, 15) is 9.59 Å². The molecule has 1 N–H and O–H groups in total. The molecule has 1 aromatic rings. The number of thioether (sulfide) groups is 2. The Morgan fingerprint density at radius 1 is 1.45 bits per heavy atom. The van der Waals surface area contributed by atoms with Crippen LogP contribution < -0.4 is 5.32 Å². The van der Waals surface area contributed by atoms with Gasteiger partial charge in [-0.1, -0.05) is 12.1 Å². The molecule has 1 atom stereocenters. The van der Waals surface area contributed by atoms with Crippen molar-refractivity contribution in [2.24, 2.45) is 0 Å². The summed E-state index contributed by atoms with van der Waals surface area (Å²) >= 11 is 3.34. The first-order chi connectivity index (χ1) is 9.61. The highest BCUT2D eigenvalue weighted by atomic mass is 32.2. The molecule has 6 heteroatoms. The minimum absolute atomic E-state index is 0.0622. The predicted octanol–water partition coefficient (Wildman–Crippen LogP) is 2.12. The van der Waals surface area contributed by atoms with Crippen molar-refractivity contribution in [1.29, 1.82) is 0 Å². The van der Waals surface area contributed by atoms with E-state index < -0.39 is 0 Å². The Morgan fingerprint density at radius 2 is 2.15 bits per heavy atom. The SMILES string of the molecule is CSc1ccc(C2SCC(=O)N2CCNC(C)=O)cc1. The van der Waals surface area contributed by atoms with Crippen molar-refractivity contribution < 1.29 is 9.59 Å². The average Bonchev–Trinajstić information content (AvgIpc) is 2.80. The summed E-state index contributed by atoms with van der Waals surface area (Å²) < 4.78 is 0. The predicted molar refractivity (Wildman–Crippen MR) is 83.8 cm³/mol. The third kappa shape index (κ3) is 3.70. The first kappa shape index (κ1) is 15.3. The van der Waals surface area contributed by atoms with Gasteiger partial charge in [-0.3, -0.25) is 9.59 Å². The van der Waals surface area contributed by atoms with Gasteiger partial charge in [0.1, 0.15) is 5.37 Å². The zero-order valence-electron chi connectivity index (χ0n) is 11.6. The zero-order chi connectivity index (χ0) is 14.5. The summed E-state index contributed by atoms with van der Waals surface area (Å²) in [4.78, 5) is 25.9. The second-order valence-electron chi connectivity index (χ2n) is 4.51. The van der Waals surface area contributed by atoms with Gasteiger partial charge in [0.15, 0.2) is 0 Å². The van der Waals surface area contributed by atoms with E-state index in [1.165, 1.54) is 11.8 Å². The van der Waals surface area contributed by atoms with Crippen LogP contribution in [0, 0.1) is 0 Å². The number of nitrogens with one attached hydrogen (secondary N) is 1. The van der Waals surface area contributed by atoms with E-state index in [1.54, 1.807) is 23.5 Å². The molecular formula is C14H18N2O2S2. The summed E-state index contributed by atoms with van der Waals surface area (Å²) in [6, 6.07) is 8.31. The van der Waals surface area contributed by atoms with Gasteiger partial charge in [0, 0.05) is 24.9 Å². The largest absolute Gasteiger partial charge is 0.355 e. The van der Waals surface area contributed by atoms with Gasteiger partial charge in [-0.25, -0.2) is 0 Å². The molecule has 0 spiro atoms. The smallest absolute Gasteiger partial charge is 0.233 e. The molecule has 1 aromatic carbocycles. The third-order valence-corrected chi connectivity index (χ3v) is 5.10. The maximum Gasteiger partial charge on any atom is 0.233 e. The minimum atomic E-state index is -0.0647. The van der Waals surface area contributed by atoms with Crippen LogP contribution in [0.25, 0.3) is 0 Å². The van der Waals surface area contributed by atoms with Gasteiger partial charge in [0.05, 0.1) is 5.75 Å². The minimum Gasteiger partial charge on any atom is -0.355 e. The summed E-state index contributed by atoms with van der Waals surface area (Å²) in [6.07, 6.45) is 2.04. The monoisotopic (exact) mass is 310 g/mol. The van der Waals surface area contributed by atoms with Crippen LogP contribution in [-0.2, 0) is 9.59 Å². The van der Waals surface area contributed by atoms with Crippen molar-refractivity contribution in [3.63, 3.8) is 0 Å². The second-order valence-corrected chi connectivity index (χ2v) is 6.45. The molecule has 4 nitrogen and oxygen atoms in total. The number of hydrogen-bond acceptors (Lipinski definition) is 4. The van der Waals surface area contributed by atoms with Gasteiger partial charge in [-0.05, 0) is 24.0 Å². The topological polar surface area (TPSA) is 49.4 Å². The molecule has 1 saturated heterocycles. The van der Waals surface area contributed by atoms with Crippen molar-refractivity contribution in [1.82, 2.24) is 10.2 Å². The van der Waals surface area contributed by atoms with Gasteiger partial charge in [0.25, 0.3) is 0 Å². The lowest BCUT2D eigenvalue weighted by Gasteiger charge is -2.24. The van der Waals surface area contributed by atoms with Crippen LogP contribution >= 0.6 is 23.5 Å².